The van der Waals surface area contributed by atoms with Gasteiger partial charge in [-0.15, -0.1) is 0 Å². The highest BCUT2D eigenvalue weighted by molar-refractivity contribution is 7.99. The molecule has 9 nitrogen and oxygen atoms in total. The van der Waals surface area contributed by atoms with Crippen molar-refractivity contribution in [2.24, 2.45) is 0 Å². The molecular weight excluding hydrogens is 414 g/mol. The van der Waals surface area contributed by atoms with Crippen molar-refractivity contribution < 1.29 is 13.2 Å². The van der Waals surface area contributed by atoms with Gasteiger partial charge in [0.1, 0.15) is 0 Å². The van der Waals surface area contributed by atoms with Crippen molar-refractivity contribution in [2.75, 3.05) is 48.4 Å². The third-order valence-corrected chi connectivity index (χ3v) is 6.59. The lowest BCUT2D eigenvalue weighted by Gasteiger charge is -2.35. The second-order valence-electron chi connectivity index (χ2n) is 6.70. The highest BCUT2D eigenvalue weighted by Gasteiger charge is 2.24. The van der Waals surface area contributed by atoms with Crippen LogP contribution in [0.1, 0.15) is 5.69 Å². The maximum absolute atomic E-state index is 12.4. The monoisotopic (exact) mass is 437 g/mol. The van der Waals surface area contributed by atoms with E-state index in [4.69, 9.17) is 0 Å². The number of hydrogen-bond donors (Lipinski definition) is 2. The van der Waals surface area contributed by atoms with Crippen LogP contribution in [0.2, 0.25) is 0 Å². The van der Waals surface area contributed by atoms with Gasteiger partial charge in [-0.2, -0.15) is 4.31 Å². The molecule has 0 spiro atoms. The van der Waals surface area contributed by atoms with Crippen molar-refractivity contribution in [3.05, 3.63) is 46.4 Å². The number of carbonyl (C=O) groups is 1. The van der Waals surface area contributed by atoms with Crippen LogP contribution < -0.4 is 15.8 Å². The van der Waals surface area contributed by atoms with E-state index in [2.05, 4.69) is 20.2 Å². The highest BCUT2D eigenvalue weighted by atomic mass is 32.2. The minimum atomic E-state index is -3.20. The van der Waals surface area contributed by atoms with E-state index >= 15 is 0 Å². The van der Waals surface area contributed by atoms with Crippen LogP contribution in [0.25, 0.3) is 0 Å². The van der Waals surface area contributed by atoms with Crippen LogP contribution >= 0.6 is 11.8 Å². The Morgan fingerprint density at radius 1 is 1.24 bits per heavy atom. The second-order valence-corrected chi connectivity index (χ2v) is 9.64. The third-order valence-electron chi connectivity index (χ3n) is 4.41. The number of aromatic amines is 1. The van der Waals surface area contributed by atoms with Crippen LogP contribution in [0, 0.1) is 6.92 Å². The second kappa shape index (κ2) is 8.97. The van der Waals surface area contributed by atoms with Crippen molar-refractivity contribution in [3.8, 4) is 0 Å². The number of benzene rings is 1. The Labute approximate surface area is 173 Å². The molecule has 3 rings (SSSR count). The van der Waals surface area contributed by atoms with Crippen LogP contribution in [-0.4, -0.2) is 66.8 Å². The van der Waals surface area contributed by atoms with Crippen LogP contribution in [0.15, 0.2) is 40.3 Å². The summed E-state index contributed by atoms with van der Waals surface area (Å²) in [4.78, 5) is 32.8. The average molecular weight is 438 g/mol. The summed E-state index contributed by atoms with van der Waals surface area (Å²) in [5.74, 6) is -0.121. The van der Waals surface area contributed by atoms with Gasteiger partial charge in [0.05, 0.1) is 23.4 Å². The lowest BCUT2D eigenvalue weighted by atomic mass is 10.2. The molecule has 0 saturated carbocycles. The number of carbonyl (C=O) groups excluding carboxylic acids is 1. The van der Waals surface area contributed by atoms with Gasteiger partial charge in [0.15, 0.2) is 5.16 Å². The molecule has 2 aromatic rings. The number of aryl methyl sites for hydroxylation is 1. The standard InChI is InChI=1S/C18H23N5O4S2/c1-13-11-16(24)21-18(19-13)28-12-17(25)20-14-5-3-4-6-15(14)22-7-9-23(10-8-22)29(2,26)27/h3-6,11H,7-10,12H2,1-2H3,(H,20,25)(H,19,21,24). The van der Waals surface area contributed by atoms with Gasteiger partial charge in [-0.3, -0.25) is 9.59 Å². The number of nitrogens with one attached hydrogen (secondary N) is 2. The first-order valence-electron chi connectivity index (χ1n) is 9.02. The zero-order valence-corrected chi connectivity index (χ0v) is 17.8. The van der Waals surface area contributed by atoms with E-state index in [0.29, 0.717) is 42.7 Å². The Morgan fingerprint density at radius 2 is 1.93 bits per heavy atom. The van der Waals surface area contributed by atoms with Gasteiger partial charge in [-0.25, -0.2) is 13.4 Å². The first-order valence-corrected chi connectivity index (χ1v) is 11.9. The summed E-state index contributed by atoms with van der Waals surface area (Å²) in [5, 5.41) is 3.29. The summed E-state index contributed by atoms with van der Waals surface area (Å²) in [7, 11) is -3.20. The molecule has 1 amide bonds. The fourth-order valence-corrected chi connectivity index (χ4v) is 4.60. The molecule has 29 heavy (non-hydrogen) atoms. The Bertz CT molecular complexity index is 1050. The van der Waals surface area contributed by atoms with Crippen LogP contribution in [-0.2, 0) is 14.8 Å². The molecule has 156 valence electrons. The van der Waals surface area contributed by atoms with E-state index in [0.717, 1.165) is 17.4 Å². The van der Waals surface area contributed by atoms with Crippen molar-refractivity contribution >= 4 is 39.1 Å². The Hall–Kier alpha value is -2.37. The Balaban J connectivity index is 1.63. The quantitative estimate of drug-likeness (QED) is 0.509. The molecule has 1 aliphatic heterocycles. The number of piperazine rings is 1. The molecular formula is C18H23N5O4S2. The third kappa shape index (κ3) is 5.81. The molecule has 1 fully saturated rings. The smallest absolute Gasteiger partial charge is 0.251 e. The predicted octanol–water partition coefficient (Wildman–Crippen LogP) is 0.891. The molecule has 1 aromatic heterocycles. The SMILES string of the molecule is Cc1cc(=O)[nH]c(SCC(=O)Nc2ccccc2N2CCN(S(C)(=O)=O)CC2)n1. The number of H-pyrrole nitrogens is 1. The minimum absolute atomic E-state index is 0.0998. The van der Waals surface area contributed by atoms with Gasteiger partial charge in [0, 0.05) is 37.9 Å². The van der Waals surface area contributed by atoms with Gasteiger partial charge >= 0.3 is 0 Å². The molecule has 0 aliphatic carbocycles. The molecule has 11 heteroatoms. The lowest BCUT2D eigenvalue weighted by Crippen LogP contribution is -2.48. The van der Waals surface area contributed by atoms with Gasteiger partial charge in [-0.05, 0) is 19.1 Å². The highest BCUT2D eigenvalue weighted by Crippen LogP contribution is 2.27. The topological polar surface area (TPSA) is 115 Å². The molecule has 0 atom stereocenters. The summed E-state index contributed by atoms with van der Waals surface area (Å²) in [6.07, 6.45) is 1.21. The van der Waals surface area contributed by atoms with E-state index in [-0.39, 0.29) is 17.2 Å². The first-order chi connectivity index (χ1) is 13.7. The van der Waals surface area contributed by atoms with Crippen LogP contribution in [0.5, 0.6) is 0 Å². The molecule has 0 radical (unpaired) electrons. The van der Waals surface area contributed by atoms with Crippen LogP contribution in [0.4, 0.5) is 11.4 Å². The fraction of sp³-hybridized carbons (Fsp3) is 0.389. The van der Waals surface area contributed by atoms with E-state index < -0.39 is 10.0 Å². The number of aromatic nitrogens is 2. The number of para-hydroxylation sites is 2. The Kier molecular flexibility index (Phi) is 6.60. The summed E-state index contributed by atoms with van der Waals surface area (Å²) in [6.45, 7) is 3.62. The summed E-state index contributed by atoms with van der Waals surface area (Å²) >= 11 is 1.15. The molecule has 1 aliphatic rings. The van der Waals surface area contributed by atoms with Gasteiger partial charge in [0.2, 0.25) is 15.9 Å². The van der Waals surface area contributed by atoms with Crippen molar-refractivity contribution in [1.82, 2.24) is 14.3 Å². The predicted molar refractivity (Wildman–Crippen MR) is 114 cm³/mol. The van der Waals surface area contributed by atoms with E-state index in [1.54, 1.807) is 6.92 Å². The van der Waals surface area contributed by atoms with Crippen molar-refractivity contribution in [3.63, 3.8) is 0 Å². The Morgan fingerprint density at radius 3 is 2.59 bits per heavy atom. The zero-order chi connectivity index (χ0) is 21.0. The van der Waals surface area contributed by atoms with Crippen LogP contribution in [0.3, 0.4) is 0 Å². The van der Waals surface area contributed by atoms with Gasteiger partial charge < -0.3 is 15.2 Å². The van der Waals surface area contributed by atoms with Crippen molar-refractivity contribution in [1.29, 1.82) is 0 Å². The molecule has 1 aromatic carbocycles. The van der Waals surface area contributed by atoms with E-state index in [9.17, 15) is 18.0 Å². The average Bonchev–Trinajstić information content (AvgIpc) is 2.66. The summed E-state index contributed by atoms with van der Waals surface area (Å²) in [5.41, 5.74) is 1.85. The number of amides is 1. The minimum Gasteiger partial charge on any atom is -0.367 e. The van der Waals surface area contributed by atoms with Crippen molar-refractivity contribution in [2.45, 2.75) is 12.1 Å². The zero-order valence-electron chi connectivity index (χ0n) is 16.2. The fourth-order valence-electron chi connectivity index (χ4n) is 3.06. The maximum atomic E-state index is 12.4. The van der Waals surface area contributed by atoms with Gasteiger partial charge in [0.25, 0.3) is 5.56 Å². The lowest BCUT2D eigenvalue weighted by molar-refractivity contribution is -0.113. The molecule has 0 unspecified atom stereocenters. The number of anilines is 2. The molecule has 2 heterocycles. The molecule has 0 bridgehead atoms. The summed E-state index contributed by atoms with van der Waals surface area (Å²) in [6, 6.07) is 8.82. The number of nitrogens with zero attached hydrogens (tertiary/aromatic N) is 3. The van der Waals surface area contributed by atoms with E-state index in [1.165, 1.54) is 16.6 Å². The number of rotatable bonds is 6. The number of sulfonamides is 1. The number of thioether (sulfide) groups is 1. The normalized spacial score (nSPS) is 15.3. The summed E-state index contributed by atoms with van der Waals surface area (Å²) < 4.78 is 24.8. The molecule has 2 N–H and O–H groups in total. The van der Waals surface area contributed by atoms with E-state index in [1.807, 2.05) is 24.3 Å². The molecule has 1 saturated heterocycles. The first kappa shape index (κ1) is 21.3. The maximum Gasteiger partial charge on any atom is 0.251 e. The largest absolute Gasteiger partial charge is 0.367 e. The number of hydrogen-bond acceptors (Lipinski definition) is 7. The van der Waals surface area contributed by atoms with Gasteiger partial charge in [-0.1, -0.05) is 23.9 Å².